The van der Waals surface area contributed by atoms with Crippen molar-refractivity contribution in [2.24, 2.45) is 0 Å². The molecule has 0 amide bonds. The van der Waals surface area contributed by atoms with Crippen molar-refractivity contribution in [3.8, 4) is 0 Å². The van der Waals surface area contributed by atoms with Crippen molar-refractivity contribution in [3.63, 3.8) is 0 Å². The molecular formula is C9H10F2O2S. The first-order valence-electron chi connectivity index (χ1n) is 4.00. The van der Waals surface area contributed by atoms with Crippen molar-refractivity contribution < 1.29 is 18.7 Å². The van der Waals surface area contributed by atoms with E-state index < -0.39 is 18.3 Å². The molecule has 0 aliphatic rings. The van der Waals surface area contributed by atoms with Gasteiger partial charge in [-0.15, -0.1) is 11.3 Å². The molecule has 0 fully saturated rings. The first kappa shape index (κ1) is 11.1. The molecular weight excluding hydrogens is 210 g/mol. The molecule has 0 aliphatic carbocycles. The minimum Gasteiger partial charge on any atom is -0.481 e. The topological polar surface area (TPSA) is 37.3 Å². The quantitative estimate of drug-likeness (QED) is 0.850. The lowest BCUT2D eigenvalue weighted by Crippen LogP contribution is -2.18. The number of hydrogen-bond acceptors (Lipinski definition) is 2. The Morgan fingerprint density at radius 3 is 2.50 bits per heavy atom. The number of carboxylic acid groups (broad SMARTS) is 1. The Bertz CT molecular complexity index is 358. The van der Waals surface area contributed by atoms with Crippen LogP contribution in [0.25, 0.3) is 0 Å². The number of rotatable bonds is 3. The normalized spacial score (nSPS) is 11.7. The van der Waals surface area contributed by atoms with Crippen LogP contribution in [0.15, 0.2) is 6.07 Å². The number of carbonyl (C=O) groups is 1. The molecule has 1 heterocycles. The number of carboxylic acids is 1. The summed E-state index contributed by atoms with van der Waals surface area (Å²) >= 11 is 1.25. The van der Waals surface area contributed by atoms with E-state index in [2.05, 4.69) is 0 Å². The first-order chi connectivity index (χ1) is 6.33. The van der Waals surface area contributed by atoms with Gasteiger partial charge in [0.2, 0.25) is 0 Å². The average molecular weight is 220 g/mol. The minimum absolute atomic E-state index is 0.164. The lowest BCUT2D eigenvalue weighted by atomic mass is 10.1. The van der Waals surface area contributed by atoms with Gasteiger partial charge in [0, 0.05) is 15.3 Å². The predicted octanol–water partition coefficient (Wildman–Crippen LogP) is 2.93. The second kappa shape index (κ2) is 3.65. The van der Waals surface area contributed by atoms with Gasteiger partial charge in [-0.05, 0) is 19.9 Å². The van der Waals surface area contributed by atoms with E-state index in [9.17, 15) is 13.6 Å². The molecule has 5 heteroatoms. The van der Waals surface area contributed by atoms with Crippen LogP contribution >= 0.6 is 11.3 Å². The minimum atomic E-state index is -3.26. The van der Waals surface area contributed by atoms with E-state index in [0.717, 1.165) is 4.88 Å². The molecule has 2 nitrogen and oxygen atoms in total. The van der Waals surface area contributed by atoms with E-state index in [1.54, 1.807) is 13.8 Å². The van der Waals surface area contributed by atoms with E-state index >= 15 is 0 Å². The van der Waals surface area contributed by atoms with Crippen molar-refractivity contribution in [2.45, 2.75) is 26.2 Å². The highest BCUT2D eigenvalue weighted by Crippen LogP contribution is 2.37. The summed E-state index contributed by atoms with van der Waals surface area (Å²) in [7, 11) is 0. The van der Waals surface area contributed by atoms with Crippen LogP contribution in [0.3, 0.4) is 0 Å². The van der Waals surface area contributed by atoms with Crippen molar-refractivity contribution >= 4 is 17.3 Å². The van der Waals surface area contributed by atoms with E-state index in [0.29, 0.717) is 4.88 Å². The van der Waals surface area contributed by atoms with E-state index in [1.807, 2.05) is 0 Å². The van der Waals surface area contributed by atoms with Crippen LogP contribution in [0.2, 0.25) is 0 Å². The van der Waals surface area contributed by atoms with Crippen molar-refractivity contribution in [2.75, 3.05) is 0 Å². The van der Waals surface area contributed by atoms with Crippen LogP contribution in [0, 0.1) is 13.8 Å². The Kier molecular flexibility index (Phi) is 2.89. The fourth-order valence-corrected chi connectivity index (χ4v) is 2.26. The molecule has 1 aromatic heterocycles. The highest BCUT2D eigenvalue weighted by atomic mass is 32.1. The zero-order chi connectivity index (χ0) is 10.9. The average Bonchev–Trinajstić information content (AvgIpc) is 2.27. The third kappa shape index (κ3) is 2.29. The Labute approximate surface area is 84.2 Å². The molecule has 1 rings (SSSR count). The summed E-state index contributed by atoms with van der Waals surface area (Å²) in [6.45, 7) is 3.29. The molecule has 0 aliphatic heterocycles. The van der Waals surface area contributed by atoms with Crippen molar-refractivity contribution in [3.05, 3.63) is 21.4 Å². The van der Waals surface area contributed by atoms with Gasteiger partial charge in [0.05, 0.1) is 0 Å². The van der Waals surface area contributed by atoms with Crippen molar-refractivity contribution in [1.29, 1.82) is 0 Å². The largest absolute Gasteiger partial charge is 0.481 e. The smallest absolute Gasteiger partial charge is 0.309 e. The van der Waals surface area contributed by atoms with Gasteiger partial charge in [0.25, 0.3) is 5.92 Å². The molecule has 0 bridgehead atoms. The number of halogens is 2. The number of aryl methyl sites for hydroxylation is 2. The molecule has 0 spiro atoms. The molecule has 0 atom stereocenters. The van der Waals surface area contributed by atoms with Gasteiger partial charge in [-0.1, -0.05) is 0 Å². The number of thiophene rings is 1. The molecule has 1 N–H and O–H groups in total. The molecule has 0 saturated heterocycles. The maximum absolute atomic E-state index is 13.3. The predicted molar refractivity (Wildman–Crippen MR) is 49.9 cm³/mol. The van der Waals surface area contributed by atoms with Gasteiger partial charge in [0.15, 0.2) is 0 Å². The fourth-order valence-electron chi connectivity index (χ4n) is 1.28. The first-order valence-corrected chi connectivity index (χ1v) is 4.81. The van der Waals surface area contributed by atoms with Gasteiger partial charge in [-0.3, -0.25) is 4.79 Å². The summed E-state index contributed by atoms with van der Waals surface area (Å²) in [4.78, 5) is 11.5. The maximum atomic E-state index is 13.3. The highest BCUT2D eigenvalue weighted by molar-refractivity contribution is 7.12. The SMILES string of the molecule is Cc1cc(C(F)(F)CC(=O)O)c(C)s1. The van der Waals surface area contributed by atoms with Crippen LogP contribution in [0.5, 0.6) is 0 Å². The third-order valence-corrected chi connectivity index (χ3v) is 2.77. The molecule has 0 saturated carbocycles. The summed E-state index contributed by atoms with van der Waals surface area (Å²) in [6.07, 6.45) is -1.15. The summed E-state index contributed by atoms with van der Waals surface area (Å²) in [5.41, 5.74) is -0.164. The highest BCUT2D eigenvalue weighted by Gasteiger charge is 2.36. The summed E-state index contributed by atoms with van der Waals surface area (Å²) < 4.78 is 26.6. The summed E-state index contributed by atoms with van der Waals surface area (Å²) in [6, 6.07) is 1.35. The van der Waals surface area contributed by atoms with Gasteiger partial charge in [0.1, 0.15) is 6.42 Å². The molecule has 0 aromatic carbocycles. The number of hydrogen-bond donors (Lipinski definition) is 1. The van der Waals surface area contributed by atoms with E-state index in [-0.39, 0.29) is 5.56 Å². The van der Waals surface area contributed by atoms with Crippen LogP contribution < -0.4 is 0 Å². The summed E-state index contributed by atoms with van der Waals surface area (Å²) in [5, 5.41) is 8.33. The molecule has 0 unspecified atom stereocenters. The monoisotopic (exact) mass is 220 g/mol. The summed E-state index contributed by atoms with van der Waals surface area (Å²) in [5.74, 6) is -4.75. The van der Waals surface area contributed by atoms with Gasteiger partial charge < -0.3 is 5.11 Å². The van der Waals surface area contributed by atoms with Crippen molar-refractivity contribution in [1.82, 2.24) is 0 Å². The number of aliphatic carboxylic acids is 1. The Hall–Kier alpha value is -0.970. The molecule has 78 valence electrons. The van der Waals surface area contributed by atoms with Crippen LogP contribution in [-0.2, 0) is 10.7 Å². The lowest BCUT2D eigenvalue weighted by Gasteiger charge is -2.13. The fraction of sp³-hybridized carbons (Fsp3) is 0.444. The molecule has 0 radical (unpaired) electrons. The van der Waals surface area contributed by atoms with E-state index in [4.69, 9.17) is 5.11 Å². The Balaban J connectivity index is 3.02. The lowest BCUT2D eigenvalue weighted by molar-refractivity contribution is -0.145. The molecule has 14 heavy (non-hydrogen) atoms. The zero-order valence-corrected chi connectivity index (χ0v) is 8.62. The van der Waals surface area contributed by atoms with Gasteiger partial charge in [-0.25, -0.2) is 8.78 Å². The molecule has 1 aromatic rings. The van der Waals surface area contributed by atoms with Crippen LogP contribution in [-0.4, -0.2) is 11.1 Å². The Morgan fingerprint density at radius 1 is 1.57 bits per heavy atom. The zero-order valence-electron chi connectivity index (χ0n) is 7.80. The van der Waals surface area contributed by atoms with Gasteiger partial charge in [-0.2, -0.15) is 0 Å². The van der Waals surface area contributed by atoms with Crippen LogP contribution in [0.4, 0.5) is 8.78 Å². The maximum Gasteiger partial charge on any atom is 0.309 e. The third-order valence-electron chi connectivity index (χ3n) is 1.81. The number of alkyl halides is 2. The van der Waals surface area contributed by atoms with Gasteiger partial charge >= 0.3 is 5.97 Å². The van der Waals surface area contributed by atoms with Crippen LogP contribution in [0.1, 0.15) is 21.7 Å². The Morgan fingerprint density at radius 2 is 2.14 bits per heavy atom. The van der Waals surface area contributed by atoms with E-state index in [1.165, 1.54) is 17.4 Å². The standard InChI is InChI=1S/C9H10F2O2S/c1-5-3-7(6(2)14-5)9(10,11)4-8(12)13/h3H,4H2,1-2H3,(H,12,13). The second-order valence-electron chi connectivity index (χ2n) is 3.10. The second-order valence-corrected chi connectivity index (χ2v) is 4.56.